The molecule has 0 saturated heterocycles. The first-order valence-corrected chi connectivity index (χ1v) is 9.04. The highest BCUT2D eigenvalue weighted by Crippen LogP contribution is 2.24. The Balaban J connectivity index is 1.55. The molecule has 0 aliphatic carbocycles. The average molecular weight is 358 g/mol. The van der Waals surface area contributed by atoms with Crippen LogP contribution in [-0.2, 0) is 13.1 Å². The van der Waals surface area contributed by atoms with Crippen molar-refractivity contribution in [2.24, 2.45) is 0 Å². The molecule has 2 heterocycles. The Morgan fingerprint density at radius 3 is 2.67 bits per heavy atom. The van der Waals surface area contributed by atoms with Gasteiger partial charge in [-0.15, -0.1) is 0 Å². The number of hydrogen-bond acceptors (Lipinski definition) is 2. The number of para-hydroxylation sites is 1. The summed E-state index contributed by atoms with van der Waals surface area (Å²) in [7, 11) is 0. The van der Waals surface area contributed by atoms with Gasteiger partial charge >= 0.3 is 0 Å². The number of aryl methyl sites for hydroxylation is 2. The fourth-order valence-electron chi connectivity index (χ4n) is 3.40. The number of fused-ring (bicyclic) bond motifs is 1. The highest BCUT2D eigenvalue weighted by atomic mass is 16.1. The van der Waals surface area contributed by atoms with Gasteiger partial charge in [-0.3, -0.25) is 9.48 Å². The van der Waals surface area contributed by atoms with Gasteiger partial charge in [-0.1, -0.05) is 36.4 Å². The second-order valence-electron chi connectivity index (χ2n) is 6.76. The Kier molecular flexibility index (Phi) is 4.50. The van der Waals surface area contributed by atoms with E-state index in [1.165, 1.54) is 5.56 Å². The standard InChI is InChI=1S/C22H22N4O/c1-15-16(2)25-21-19(15)9-5-10-20(21)22(27)23-13-17-7-3-4-8-18(17)14-26-12-6-11-24-26/h3-12,25H,13-14H2,1-2H3,(H,23,27). The van der Waals surface area contributed by atoms with Crippen molar-refractivity contribution in [1.82, 2.24) is 20.1 Å². The number of amides is 1. The number of aromatic nitrogens is 3. The van der Waals surface area contributed by atoms with Crippen molar-refractivity contribution in [3.8, 4) is 0 Å². The van der Waals surface area contributed by atoms with Crippen molar-refractivity contribution in [1.29, 1.82) is 0 Å². The molecular formula is C22H22N4O. The van der Waals surface area contributed by atoms with E-state index in [1.807, 2.05) is 60.3 Å². The zero-order chi connectivity index (χ0) is 18.8. The largest absolute Gasteiger partial charge is 0.358 e. The molecule has 0 bridgehead atoms. The molecule has 1 amide bonds. The van der Waals surface area contributed by atoms with Crippen molar-refractivity contribution in [2.45, 2.75) is 26.9 Å². The van der Waals surface area contributed by atoms with Crippen molar-refractivity contribution < 1.29 is 4.79 Å². The van der Waals surface area contributed by atoms with Crippen LogP contribution in [-0.4, -0.2) is 20.7 Å². The number of rotatable bonds is 5. The van der Waals surface area contributed by atoms with Crippen LogP contribution >= 0.6 is 0 Å². The first kappa shape index (κ1) is 17.1. The number of carbonyl (C=O) groups is 1. The zero-order valence-electron chi connectivity index (χ0n) is 15.5. The zero-order valence-corrected chi connectivity index (χ0v) is 15.5. The van der Waals surface area contributed by atoms with Gasteiger partial charge in [0.25, 0.3) is 5.91 Å². The van der Waals surface area contributed by atoms with Crippen LogP contribution in [0.1, 0.15) is 32.7 Å². The van der Waals surface area contributed by atoms with Crippen LogP contribution in [0, 0.1) is 13.8 Å². The van der Waals surface area contributed by atoms with Crippen molar-refractivity contribution >= 4 is 16.8 Å². The highest BCUT2D eigenvalue weighted by molar-refractivity contribution is 6.06. The van der Waals surface area contributed by atoms with Crippen LogP contribution in [0.25, 0.3) is 10.9 Å². The van der Waals surface area contributed by atoms with E-state index in [0.717, 1.165) is 27.7 Å². The SMILES string of the molecule is Cc1[nH]c2c(C(=O)NCc3ccccc3Cn3cccn3)cccc2c1C. The third-order valence-electron chi connectivity index (χ3n) is 5.04. The Hall–Kier alpha value is -3.34. The molecule has 0 radical (unpaired) electrons. The topological polar surface area (TPSA) is 62.7 Å². The maximum Gasteiger partial charge on any atom is 0.253 e. The quantitative estimate of drug-likeness (QED) is 0.567. The first-order chi connectivity index (χ1) is 13.1. The van der Waals surface area contributed by atoms with Gasteiger partial charge in [0.15, 0.2) is 0 Å². The molecule has 5 heteroatoms. The fourth-order valence-corrected chi connectivity index (χ4v) is 3.40. The van der Waals surface area contributed by atoms with Crippen LogP contribution in [0.2, 0.25) is 0 Å². The molecule has 0 aliphatic rings. The van der Waals surface area contributed by atoms with Gasteiger partial charge in [0, 0.05) is 30.0 Å². The van der Waals surface area contributed by atoms with Gasteiger partial charge in [-0.2, -0.15) is 5.10 Å². The molecule has 0 spiro atoms. The molecule has 2 aromatic heterocycles. The molecule has 2 N–H and O–H groups in total. The molecule has 0 fully saturated rings. The van der Waals surface area contributed by atoms with E-state index in [-0.39, 0.29) is 5.91 Å². The minimum atomic E-state index is -0.0734. The maximum atomic E-state index is 12.8. The number of aromatic amines is 1. The highest BCUT2D eigenvalue weighted by Gasteiger charge is 2.14. The van der Waals surface area contributed by atoms with Gasteiger partial charge in [-0.05, 0) is 42.7 Å². The molecule has 4 aromatic rings. The molecule has 4 rings (SSSR count). The summed E-state index contributed by atoms with van der Waals surface area (Å²) in [5.74, 6) is -0.0734. The summed E-state index contributed by atoms with van der Waals surface area (Å²) in [4.78, 5) is 16.2. The summed E-state index contributed by atoms with van der Waals surface area (Å²) in [5, 5.41) is 8.43. The number of benzene rings is 2. The minimum absolute atomic E-state index is 0.0734. The molecule has 2 aromatic carbocycles. The number of nitrogens with zero attached hydrogens (tertiary/aromatic N) is 2. The van der Waals surface area contributed by atoms with E-state index in [1.54, 1.807) is 6.20 Å². The van der Waals surface area contributed by atoms with Crippen LogP contribution in [0.4, 0.5) is 0 Å². The maximum absolute atomic E-state index is 12.8. The van der Waals surface area contributed by atoms with E-state index >= 15 is 0 Å². The minimum Gasteiger partial charge on any atom is -0.358 e. The monoisotopic (exact) mass is 358 g/mol. The lowest BCUT2D eigenvalue weighted by Crippen LogP contribution is -2.24. The van der Waals surface area contributed by atoms with Crippen LogP contribution in [0.5, 0.6) is 0 Å². The third kappa shape index (κ3) is 3.36. The molecular weight excluding hydrogens is 336 g/mol. The summed E-state index contributed by atoms with van der Waals surface area (Å²) < 4.78 is 1.88. The molecule has 27 heavy (non-hydrogen) atoms. The normalized spacial score (nSPS) is 11.0. The van der Waals surface area contributed by atoms with E-state index in [0.29, 0.717) is 18.7 Å². The van der Waals surface area contributed by atoms with Gasteiger partial charge < -0.3 is 10.3 Å². The molecule has 0 unspecified atom stereocenters. The van der Waals surface area contributed by atoms with E-state index in [2.05, 4.69) is 28.4 Å². The second-order valence-corrected chi connectivity index (χ2v) is 6.76. The van der Waals surface area contributed by atoms with Crippen molar-refractivity contribution in [3.63, 3.8) is 0 Å². The fraction of sp³-hybridized carbons (Fsp3) is 0.182. The van der Waals surface area contributed by atoms with Crippen LogP contribution in [0.15, 0.2) is 60.9 Å². The van der Waals surface area contributed by atoms with Gasteiger partial charge in [0.05, 0.1) is 17.6 Å². The molecule has 136 valence electrons. The smallest absolute Gasteiger partial charge is 0.253 e. The lowest BCUT2D eigenvalue weighted by molar-refractivity contribution is 0.0952. The molecule has 5 nitrogen and oxygen atoms in total. The number of H-pyrrole nitrogens is 1. The second kappa shape index (κ2) is 7.11. The summed E-state index contributed by atoms with van der Waals surface area (Å²) >= 11 is 0. The number of carbonyl (C=O) groups excluding carboxylic acids is 1. The predicted molar refractivity (Wildman–Crippen MR) is 107 cm³/mol. The number of nitrogens with one attached hydrogen (secondary N) is 2. The predicted octanol–water partition coefficient (Wildman–Crippen LogP) is 3.96. The summed E-state index contributed by atoms with van der Waals surface area (Å²) in [6, 6.07) is 15.9. The summed E-state index contributed by atoms with van der Waals surface area (Å²) in [5.41, 5.74) is 6.08. The third-order valence-corrected chi connectivity index (χ3v) is 5.04. The number of hydrogen-bond donors (Lipinski definition) is 2. The average Bonchev–Trinajstić information content (AvgIpc) is 3.29. The van der Waals surface area contributed by atoms with Crippen LogP contribution in [0.3, 0.4) is 0 Å². The molecule has 0 aliphatic heterocycles. The first-order valence-electron chi connectivity index (χ1n) is 9.04. The Bertz CT molecular complexity index is 1090. The van der Waals surface area contributed by atoms with Crippen molar-refractivity contribution in [3.05, 3.63) is 88.9 Å². The van der Waals surface area contributed by atoms with Crippen molar-refractivity contribution in [2.75, 3.05) is 0 Å². The van der Waals surface area contributed by atoms with Gasteiger partial charge in [0.1, 0.15) is 0 Å². The van der Waals surface area contributed by atoms with E-state index < -0.39 is 0 Å². The molecule has 0 atom stereocenters. The molecule has 0 saturated carbocycles. The summed E-state index contributed by atoms with van der Waals surface area (Å²) in [6.07, 6.45) is 3.71. The lowest BCUT2D eigenvalue weighted by Gasteiger charge is -2.11. The van der Waals surface area contributed by atoms with Gasteiger partial charge in [-0.25, -0.2) is 0 Å². The Morgan fingerprint density at radius 1 is 1.07 bits per heavy atom. The van der Waals surface area contributed by atoms with E-state index in [4.69, 9.17) is 0 Å². The Morgan fingerprint density at radius 2 is 1.89 bits per heavy atom. The van der Waals surface area contributed by atoms with Gasteiger partial charge in [0.2, 0.25) is 0 Å². The lowest BCUT2D eigenvalue weighted by atomic mass is 10.1. The Labute approximate surface area is 158 Å². The summed E-state index contributed by atoms with van der Waals surface area (Å²) in [6.45, 7) is 5.26. The van der Waals surface area contributed by atoms with E-state index in [9.17, 15) is 4.79 Å². The van der Waals surface area contributed by atoms with Crippen LogP contribution < -0.4 is 5.32 Å².